The monoisotopic (exact) mass is 585 g/mol. The van der Waals surface area contributed by atoms with E-state index in [1.54, 1.807) is 0 Å². The van der Waals surface area contributed by atoms with Crippen LogP contribution in [0.4, 0.5) is 18.0 Å². The topological polar surface area (TPSA) is 82.1 Å². The van der Waals surface area contributed by atoms with Gasteiger partial charge in [-0.15, -0.1) is 0 Å². The van der Waals surface area contributed by atoms with Crippen molar-refractivity contribution in [3.05, 3.63) is 72.6 Å². The van der Waals surface area contributed by atoms with Gasteiger partial charge in [-0.3, -0.25) is 0 Å². The van der Waals surface area contributed by atoms with Crippen molar-refractivity contribution < 1.29 is 39.7 Å². The van der Waals surface area contributed by atoms with E-state index in [0.29, 0.717) is 6.42 Å². The van der Waals surface area contributed by atoms with Crippen molar-refractivity contribution in [1.29, 1.82) is 0 Å². The van der Waals surface area contributed by atoms with Crippen LogP contribution in [-0.4, -0.2) is 53.0 Å². The molecule has 0 aromatic heterocycles. The molecule has 1 amide bonds. The normalized spacial score (nSPS) is 18.9. The molecule has 0 bridgehead atoms. The van der Waals surface area contributed by atoms with Gasteiger partial charge in [0.05, 0.1) is 19.8 Å². The minimum absolute atomic E-state index is 0.0896. The molecule has 1 aliphatic heterocycles. The van der Waals surface area contributed by atoms with Crippen LogP contribution in [0.2, 0.25) is 5.04 Å². The molecule has 7 nitrogen and oxygen atoms in total. The number of hydrogen-bond donors (Lipinski definition) is 0. The van der Waals surface area contributed by atoms with E-state index < -0.39 is 47.0 Å². The van der Waals surface area contributed by atoms with Gasteiger partial charge in [-0.25, -0.2) is 9.69 Å². The second kappa shape index (κ2) is 11.7. The van der Waals surface area contributed by atoms with Crippen LogP contribution in [0, 0.1) is 5.92 Å². The number of alkyl halides is 3. The second-order valence-corrected chi connectivity index (χ2v) is 16.2. The summed E-state index contributed by atoms with van der Waals surface area (Å²) >= 11 is 0. The Morgan fingerprint density at radius 1 is 1.00 bits per heavy atom. The average molecular weight is 586 g/mol. The molecule has 0 radical (unpaired) electrons. The van der Waals surface area contributed by atoms with Gasteiger partial charge in [0.1, 0.15) is 0 Å². The molecule has 1 aliphatic rings. The number of rotatable bonds is 8. The van der Waals surface area contributed by atoms with E-state index in [-0.39, 0.29) is 18.9 Å². The highest BCUT2D eigenvalue weighted by atomic mass is 32.2. The number of nitrogens with zero attached hydrogens (tertiary/aromatic N) is 1. The number of methoxy groups -OCH3 is 1. The fourth-order valence-corrected chi connectivity index (χ4v) is 10.1. The fourth-order valence-electron chi connectivity index (χ4n) is 5.06. The molecular formula is C27H34F3NO6SSi. The number of carbonyl (C=O) groups excluding carboxylic acids is 1. The Labute approximate surface area is 228 Å². The molecule has 12 heteroatoms. The highest BCUT2D eigenvalue weighted by Gasteiger charge is 2.53. The third-order valence-electron chi connectivity index (χ3n) is 6.97. The zero-order chi connectivity index (χ0) is 29.1. The van der Waals surface area contributed by atoms with Crippen LogP contribution in [0.25, 0.3) is 0 Å². The van der Waals surface area contributed by atoms with Crippen LogP contribution < -0.4 is 10.4 Å². The van der Waals surface area contributed by atoms with Crippen molar-refractivity contribution >= 4 is 34.9 Å². The Bertz CT molecular complexity index is 1220. The molecule has 0 aliphatic carbocycles. The second-order valence-electron chi connectivity index (χ2n) is 10.3. The van der Waals surface area contributed by atoms with Crippen molar-refractivity contribution in [3.63, 3.8) is 0 Å². The first-order chi connectivity index (χ1) is 18.2. The van der Waals surface area contributed by atoms with E-state index in [9.17, 15) is 26.4 Å². The standard InChI is InChI=1S/C27H34F3NO6SSi/c1-6-20-17-18-24(37-38(33,34)27(28,29)30)31(25(32)35-5)23(20)19-36-39(26(2,3)4,21-13-9-7-10-14-21)22-15-11-8-12-16-22/h7-16,18,20,23H,6,17,19H2,1-5H3/t20-,23-/m1/s1. The number of carbonyl (C=O) groups is 1. The molecule has 0 unspecified atom stereocenters. The number of ether oxygens (including phenoxy) is 1. The number of hydrogen-bond acceptors (Lipinski definition) is 6. The molecule has 0 saturated carbocycles. The fraction of sp³-hybridized carbons (Fsp3) is 0.444. The van der Waals surface area contributed by atoms with Gasteiger partial charge >= 0.3 is 21.7 Å². The molecule has 1 heterocycles. The van der Waals surface area contributed by atoms with Crippen LogP contribution in [0.5, 0.6) is 0 Å². The summed E-state index contributed by atoms with van der Waals surface area (Å²) < 4.78 is 79.5. The summed E-state index contributed by atoms with van der Waals surface area (Å²) in [5.74, 6) is -1.01. The summed E-state index contributed by atoms with van der Waals surface area (Å²) in [5.41, 5.74) is -5.67. The Morgan fingerprint density at radius 3 is 1.92 bits per heavy atom. The lowest BCUT2D eigenvalue weighted by molar-refractivity contribution is -0.0550. The molecule has 214 valence electrons. The zero-order valence-corrected chi connectivity index (χ0v) is 24.4. The molecular weight excluding hydrogens is 551 g/mol. The van der Waals surface area contributed by atoms with E-state index in [1.165, 1.54) is 6.08 Å². The summed E-state index contributed by atoms with van der Waals surface area (Å²) in [7, 11) is -8.05. The lowest BCUT2D eigenvalue weighted by Crippen LogP contribution is -2.67. The van der Waals surface area contributed by atoms with Crippen LogP contribution in [0.3, 0.4) is 0 Å². The first-order valence-electron chi connectivity index (χ1n) is 12.5. The van der Waals surface area contributed by atoms with Gasteiger partial charge in [0.25, 0.3) is 8.32 Å². The van der Waals surface area contributed by atoms with E-state index >= 15 is 0 Å². The predicted octanol–water partition coefficient (Wildman–Crippen LogP) is 5.14. The van der Waals surface area contributed by atoms with Crippen molar-refractivity contribution in [2.75, 3.05) is 13.7 Å². The molecule has 2 atom stereocenters. The summed E-state index contributed by atoms with van der Waals surface area (Å²) in [6.07, 6.45) is 0.848. The van der Waals surface area contributed by atoms with Gasteiger partial charge in [-0.05, 0) is 33.8 Å². The molecule has 39 heavy (non-hydrogen) atoms. The van der Waals surface area contributed by atoms with E-state index in [4.69, 9.17) is 9.16 Å². The van der Waals surface area contributed by atoms with Gasteiger partial charge in [-0.2, -0.15) is 21.6 Å². The third kappa shape index (κ3) is 6.17. The Morgan fingerprint density at radius 2 is 1.51 bits per heavy atom. The molecule has 0 saturated heterocycles. The first-order valence-corrected chi connectivity index (χ1v) is 15.8. The maximum Gasteiger partial charge on any atom is 0.534 e. The van der Waals surface area contributed by atoms with Gasteiger partial charge in [0, 0.05) is 0 Å². The highest BCUT2D eigenvalue weighted by molar-refractivity contribution is 7.87. The number of halogens is 3. The van der Waals surface area contributed by atoms with Gasteiger partial charge < -0.3 is 13.3 Å². The molecule has 0 spiro atoms. The summed E-state index contributed by atoms with van der Waals surface area (Å²) in [6.45, 7) is 8.00. The summed E-state index contributed by atoms with van der Waals surface area (Å²) in [5, 5.41) is 1.55. The van der Waals surface area contributed by atoms with Gasteiger partial charge in [-0.1, -0.05) is 94.8 Å². The predicted molar refractivity (Wildman–Crippen MR) is 144 cm³/mol. The smallest absolute Gasteiger partial charge is 0.452 e. The molecule has 2 aromatic carbocycles. The first kappa shape index (κ1) is 30.7. The molecule has 2 aromatic rings. The molecule has 0 N–H and O–H groups in total. The Balaban J connectivity index is 2.11. The maximum absolute atomic E-state index is 13.2. The molecule has 0 fully saturated rings. The van der Waals surface area contributed by atoms with Crippen LogP contribution >= 0.6 is 0 Å². The van der Waals surface area contributed by atoms with Crippen molar-refractivity contribution in [3.8, 4) is 0 Å². The largest absolute Gasteiger partial charge is 0.534 e. The van der Waals surface area contributed by atoms with Crippen molar-refractivity contribution in [2.45, 2.75) is 57.1 Å². The van der Waals surface area contributed by atoms with Crippen LogP contribution in [-0.2, 0) is 23.5 Å². The van der Waals surface area contributed by atoms with Crippen LogP contribution in [0.15, 0.2) is 72.6 Å². The Hall–Kier alpha value is -2.83. The maximum atomic E-state index is 13.2. The third-order valence-corrected chi connectivity index (χ3v) is 12.9. The summed E-state index contributed by atoms with van der Waals surface area (Å²) in [6, 6.07) is 18.6. The van der Waals surface area contributed by atoms with Crippen molar-refractivity contribution in [1.82, 2.24) is 4.90 Å². The minimum Gasteiger partial charge on any atom is -0.452 e. The lowest BCUT2D eigenvalue weighted by Gasteiger charge is -2.46. The van der Waals surface area contributed by atoms with Crippen molar-refractivity contribution in [2.24, 2.45) is 5.92 Å². The molecule has 3 rings (SSSR count). The SMILES string of the molecule is CC[C@@H]1CC=C(OS(=O)(=O)C(F)(F)F)N(C(=O)OC)[C@@H]1CO[Si](c1ccccc1)(c1ccccc1)C(C)(C)C. The van der Waals surface area contributed by atoms with Crippen LogP contribution in [0.1, 0.15) is 40.5 Å². The number of amides is 1. The van der Waals surface area contributed by atoms with E-state index in [0.717, 1.165) is 22.4 Å². The number of allylic oxidation sites excluding steroid dienone is 1. The summed E-state index contributed by atoms with van der Waals surface area (Å²) in [4.78, 5) is 13.7. The Kier molecular flexibility index (Phi) is 9.23. The quantitative estimate of drug-likeness (QED) is 0.243. The van der Waals surface area contributed by atoms with Gasteiger partial charge in [0.15, 0.2) is 0 Å². The van der Waals surface area contributed by atoms with E-state index in [1.807, 2.05) is 67.6 Å². The van der Waals surface area contributed by atoms with E-state index in [2.05, 4.69) is 25.0 Å². The van der Waals surface area contributed by atoms with Gasteiger partial charge in [0.2, 0.25) is 5.88 Å². The number of benzene rings is 2. The zero-order valence-electron chi connectivity index (χ0n) is 22.6. The highest BCUT2D eigenvalue weighted by Crippen LogP contribution is 2.39. The minimum atomic E-state index is -6.02. The average Bonchev–Trinajstić information content (AvgIpc) is 2.88. The lowest BCUT2D eigenvalue weighted by atomic mass is 9.90.